The number of methoxy groups -OCH3 is 1. The molecule has 0 spiro atoms. The van der Waals surface area contributed by atoms with Gasteiger partial charge in [0.1, 0.15) is 0 Å². The summed E-state index contributed by atoms with van der Waals surface area (Å²) >= 11 is 0. The second kappa shape index (κ2) is 7.21. The normalized spacial score (nSPS) is 11.2. The number of hydrogen-bond donors (Lipinski definition) is 0. The number of esters is 1. The molecule has 0 aliphatic carbocycles. The maximum Gasteiger partial charge on any atom is 0.417 e. The van der Waals surface area contributed by atoms with Crippen molar-refractivity contribution in [3.8, 4) is 5.75 Å². The van der Waals surface area contributed by atoms with Crippen molar-refractivity contribution in [1.82, 2.24) is 0 Å². The molecule has 0 bridgehead atoms. The van der Waals surface area contributed by atoms with Gasteiger partial charge in [-0.15, -0.1) is 0 Å². The van der Waals surface area contributed by atoms with E-state index >= 15 is 0 Å². The van der Waals surface area contributed by atoms with E-state index in [2.05, 4.69) is 14.2 Å². The minimum Gasteiger partial charge on any atom is -0.464 e. The smallest absolute Gasteiger partial charge is 0.417 e. The van der Waals surface area contributed by atoms with Crippen LogP contribution in [-0.4, -0.2) is 32.3 Å². The van der Waals surface area contributed by atoms with Gasteiger partial charge >= 0.3 is 12.1 Å². The van der Waals surface area contributed by atoms with Gasteiger partial charge in [0.15, 0.2) is 18.4 Å². The largest absolute Gasteiger partial charge is 0.464 e. The highest BCUT2D eigenvalue weighted by Crippen LogP contribution is 2.38. The van der Waals surface area contributed by atoms with Crippen LogP contribution >= 0.6 is 0 Å². The average Bonchev–Trinajstić information content (AvgIpc) is 2.43. The Kier molecular flexibility index (Phi) is 5.86. The molecule has 0 aliphatic rings. The van der Waals surface area contributed by atoms with Crippen LogP contribution in [0.25, 0.3) is 0 Å². The Morgan fingerprint density at radius 1 is 1.23 bits per heavy atom. The Hall–Kier alpha value is -2.16. The van der Waals surface area contributed by atoms with Crippen molar-refractivity contribution in [3.05, 3.63) is 29.1 Å². The average molecular weight is 324 g/mol. The second-order valence-corrected chi connectivity index (χ2v) is 3.90. The molecule has 22 heavy (non-hydrogen) atoms. The molecule has 122 valence electrons. The van der Waals surface area contributed by atoms with Crippen LogP contribution in [0.3, 0.4) is 0 Å². The Morgan fingerprint density at radius 2 is 1.86 bits per heavy atom. The fourth-order valence-electron chi connectivity index (χ4n) is 1.58. The Balaban J connectivity index is 3.49. The SMILES string of the molecule is CCOC(=O)C(=O)c1c(C(F)(F)F)ccc(F)c1OCOC. The molecule has 0 saturated heterocycles. The van der Waals surface area contributed by atoms with E-state index in [1.807, 2.05) is 0 Å². The van der Waals surface area contributed by atoms with E-state index in [0.717, 1.165) is 7.11 Å². The number of carbonyl (C=O) groups excluding carboxylic acids is 2. The monoisotopic (exact) mass is 324 g/mol. The van der Waals surface area contributed by atoms with E-state index < -0.39 is 47.4 Å². The van der Waals surface area contributed by atoms with Crippen molar-refractivity contribution >= 4 is 11.8 Å². The number of Topliss-reactive ketones (excluding diaryl/α,β-unsaturated/α-hetero) is 1. The summed E-state index contributed by atoms with van der Waals surface area (Å²) in [6.07, 6.45) is -4.99. The summed E-state index contributed by atoms with van der Waals surface area (Å²) in [4.78, 5) is 23.3. The topological polar surface area (TPSA) is 61.8 Å². The van der Waals surface area contributed by atoms with E-state index in [-0.39, 0.29) is 6.61 Å². The van der Waals surface area contributed by atoms with Crippen molar-refractivity contribution in [3.63, 3.8) is 0 Å². The number of benzene rings is 1. The molecule has 1 aromatic rings. The van der Waals surface area contributed by atoms with E-state index in [4.69, 9.17) is 0 Å². The lowest BCUT2D eigenvalue weighted by atomic mass is 10.0. The van der Waals surface area contributed by atoms with Gasteiger partial charge in [-0.1, -0.05) is 0 Å². The van der Waals surface area contributed by atoms with Gasteiger partial charge in [-0.05, 0) is 19.1 Å². The van der Waals surface area contributed by atoms with Crippen molar-refractivity contribution in [2.24, 2.45) is 0 Å². The van der Waals surface area contributed by atoms with Crippen LogP contribution in [0.15, 0.2) is 12.1 Å². The molecule has 0 atom stereocenters. The summed E-state index contributed by atoms with van der Waals surface area (Å²) in [5.41, 5.74) is -2.75. The molecule has 0 aliphatic heterocycles. The lowest BCUT2D eigenvalue weighted by Crippen LogP contribution is -2.23. The molecule has 9 heteroatoms. The summed E-state index contributed by atoms with van der Waals surface area (Å²) in [5.74, 6) is -5.45. The molecule has 1 aromatic carbocycles. The van der Waals surface area contributed by atoms with E-state index in [1.54, 1.807) is 0 Å². The molecule has 0 amide bonds. The van der Waals surface area contributed by atoms with Crippen LogP contribution in [-0.2, 0) is 20.4 Å². The molecule has 5 nitrogen and oxygen atoms in total. The summed E-state index contributed by atoms with van der Waals surface area (Å²) in [6.45, 7) is 0.528. The number of ketones is 1. The van der Waals surface area contributed by atoms with Crippen LogP contribution < -0.4 is 4.74 Å². The van der Waals surface area contributed by atoms with Gasteiger partial charge in [0.25, 0.3) is 5.78 Å². The zero-order chi connectivity index (χ0) is 16.9. The zero-order valence-electron chi connectivity index (χ0n) is 11.6. The molecular formula is C13H12F4O5. The van der Waals surface area contributed by atoms with Gasteiger partial charge < -0.3 is 14.2 Å². The van der Waals surface area contributed by atoms with Crippen LogP contribution in [0.5, 0.6) is 5.75 Å². The first-order chi connectivity index (χ1) is 10.2. The van der Waals surface area contributed by atoms with Gasteiger partial charge in [0.05, 0.1) is 17.7 Å². The summed E-state index contributed by atoms with van der Waals surface area (Å²) in [7, 11) is 1.15. The highest BCUT2D eigenvalue weighted by molar-refractivity contribution is 6.41. The molecular weight excluding hydrogens is 312 g/mol. The minimum atomic E-state index is -4.99. The summed E-state index contributed by atoms with van der Waals surface area (Å²) in [6, 6.07) is 0.831. The number of halogens is 4. The molecule has 0 fully saturated rings. The number of ether oxygens (including phenoxy) is 3. The maximum absolute atomic E-state index is 13.7. The van der Waals surface area contributed by atoms with Crippen LogP contribution in [0.4, 0.5) is 17.6 Å². The molecule has 0 aromatic heterocycles. The molecule has 0 unspecified atom stereocenters. The third-order valence-electron chi connectivity index (χ3n) is 2.42. The fraction of sp³-hybridized carbons (Fsp3) is 0.385. The van der Waals surface area contributed by atoms with Crippen molar-refractivity contribution < 1.29 is 41.4 Å². The Morgan fingerprint density at radius 3 is 2.36 bits per heavy atom. The second-order valence-electron chi connectivity index (χ2n) is 3.90. The lowest BCUT2D eigenvalue weighted by Gasteiger charge is -2.16. The molecule has 0 radical (unpaired) electrons. The van der Waals surface area contributed by atoms with E-state index in [9.17, 15) is 27.2 Å². The number of carbonyl (C=O) groups is 2. The quantitative estimate of drug-likeness (QED) is 0.265. The number of alkyl halides is 3. The first-order valence-corrected chi connectivity index (χ1v) is 5.96. The first kappa shape index (κ1) is 17.9. The van der Waals surface area contributed by atoms with Crippen LogP contribution in [0.1, 0.15) is 22.8 Å². The Bertz CT molecular complexity index is 568. The third-order valence-corrected chi connectivity index (χ3v) is 2.42. The number of rotatable bonds is 6. The third kappa shape index (κ3) is 3.94. The van der Waals surface area contributed by atoms with E-state index in [1.165, 1.54) is 6.92 Å². The highest BCUT2D eigenvalue weighted by Gasteiger charge is 2.40. The van der Waals surface area contributed by atoms with Gasteiger partial charge in [0, 0.05) is 7.11 Å². The predicted molar refractivity (Wildman–Crippen MR) is 64.9 cm³/mol. The van der Waals surface area contributed by atoms with Gasteiger partial charge in [-0.25, -0.2) is 9.18 Å². The van der Waals surface area contributed by atoms with Crippen LogP contribution in [0.2, 0.25) is 0 Å². The van der Waals surface area contributed by atoms with Crippen molar-refractivity contribution in [2.75, 3.05) is 20.5 Å². The highest BCUT2D eigenvalue weighted by atomic mass is 19.4. The predicted octanol–water partition coefficient (Wildman–Crippen LogP) is 2.57. The van der Waals surface area contributed by atoms with Crippen molar-refractivity contribution in [2.45, 2.75) is 13.1 Å². The minimum absolute atomic E-state index is 0.227. The maximum atomic E-state index is 13.7. The van der Waals surface area contributed by atoms with Crippen LogP contribution in [0, 0.1) is 5.82 Å². The summed E-state index contributed by atoms with van der Waals surface area (Å²) in [5, 5.41) is 0. The van der Waals surface area contributed by atoms with E-state index in [0.29, 0.717) is 12.1 Å². The molecule has 0 N–H and O–H groups in total. The van der Waals surface area contributed by atoms with Gasteiger partial charge in [0.2, 0.25) is 0 Å². The number of hydrogen-bond acceptors (Lipinski definition) is 5. The molecule has 1 rings (SSSR count). The standard InChI is InChI=1S/C13H12F4O5/c1-3-21-12(19)10(18)9-7(13(15,16)17)4-5-8(14)11(9)22-6-20-2/h4-5H,3,6H2,1-2H3. The lowest BCUT2D eigenvalue weighted by molar-refractivity contribution is -0.139. The first-order valence-electron chi connectivity index (χ1n) is 5.96. The van der Waals surface area contributed by atoms with Gasteiger partial charge in [-0.2, -0.15) is 13.2 Å². The molecule has 0 saturated carbocycles. The fourth-order valence-corrected chi connectivity index (χ4v) is 1.58. The van der Waals surface area contributed by atoms with Gasteiger partial charge in [-0.3, -0.25) is 4.79 Å². The Labute approximate surface area is 122 Å². The van der Waals surface area contributed by atoms with Crippen molar-refractivity contribution in [1.29, 1.82) is 0 Å². The zero-order valence-corrected chi connectivity index (χ0v) is 11.6. The molecule has 0 heterocycles. The summed E-state index contributed by atoms with van der Waals surface area (Å²) < 4.78 is 66.1.